The van der Waals surface area contributed by atoms with Crippen molar-refractivity contribution in [2.45, 2.75) is 46.5 Å². The Morgan fingerprint density at radius 2 is 2.05 bits per heavy atom. The first-order valence-corrected chi connectivity index (χ1v) is 7.45. The van der Waals surface area contributed by atoms with Crippen LogP contribution >= 0.6 is 0 Å². The van der Waals surface area contributed by atoms with Gasteiger partial charge in [0.05, 0.1) is 0 Å². The van der Waals surface area contributed by atoms with E-state index < -0.39 is 0 Å². The van der Waals surface area contributed by atoms with Gasteiger partial charge in [-0.2, -0.15) is 0 Å². The lowest BCUT2D eigenvalue weighted by Gasteiger charge is -2.07. The maximum absolute atomic E-state index is 3.51. The van der Waals surface area contributed by atoms with Crippen molar-refractivity contribution in [2.75, 3.05) is 13.1 Å². The molecule has 0 aliphatic heterocycles. The average molecular weight is 258 g/mol. The van der Waals surface area contributed by atoms with Crippen LogP contribution in [0, 0.1) is 6.92 Å². The quantitative estimate of drug-likeness (QED) is 0.749. The third kappa shape index (κ3) is 3.19. The molecule has 19 heavy (non-hydrogen) atoms. The third-order valence-electron chi connectivity index (χ3n) is 3.84. The number of rotatable bonds is 6. The molecule has 0 radical (unpaired) electrons. The van der Waals surface area contributed by atoms with E-state index >= 15 is 0 Å². The smallest absolute Gasteiger partial charge is 0.0459 e. The van der Waals surface area contributed by atoms with Crippen LogP contribution in [0.2, 0.25) is 0 Å². The monoisotopic (exact) mass is 258 g/mol. The van der Waals surface area contributed by atoms with Crippen molar-refractivity contribution in [1.29, 1.82) is 0 Å². The Bertz CT molecular complexity index is 537. The summed E-state index contributed by atoms with van der Waals surface area (Å²) in [6.45, 7) is 11.0. The fourth-order valence-corrected chi connectivity index (χ4v) is 2.65. The molecule has 1 aromatic heterocycles. The molecule has 1 heterocycles. The van der Waals surface area contributed by atoms with Crippen molar-refractivity contribution in [1.82, 2.24) is 10.3 Å². The van der Waals surface area contributed by atoms with Gasteiger partial charge >= 0.3 is 0 Å². The van der Waals surface area contributed by atoms with Crippen molar-refractivity contribution in [2.24, 2.45) is 0 Å². The first kappa shape index (κ1) is 14.1. The van der Waals surface area contributed by atoms with Gasteiger partial charge in [-0.3, -0.25) is 0 Å². The van der Waals surface area contributed by atoms with E-state index in [4.69, 9.17) is 0 Å². The van der Waals surface area contributed by atoms with E-state index in [-0.39, 0.29) is 0 Å². The van der Waals surface area contributed by atoms with Crippen LogP contribution in [0.25, 0.3) is 10.9 Å². The van der Waals surface area contributed by atoms with Crippen LogP contribution in [0.3, 0.4) is 0 Å². The van der Waals surface area contributed by atoms with Crippen molar-refractivity contribution in [3.8, 4) is 0 Å². The van der Waals surface area contributed by atoms with Crippen LogP contribution in [-0.2, 0) is 6.42 Å². The fraction of sp³-hybridized carbons (Fsp3) is 0.529. The maximum Gasteiger partial charge on any atom is 0.0459 e. The zero-order chi connectivity index (χ0) is 13.8. The molecule has 0 spiro atoms. The highest BCUT2D eigenvalue weighted by Crippen LogP contribution is 2.27. The van der Waals surface area contributed by atoms with Gasteiger partial charge in [-0.15, -0.1) is 0 Å². The van der Waals surface area contributed by atoms with Gasteiger partial charge in [-0.25, -0.2) is 0 Å². The van der Waals surface area contributed by atoms with Gasteiger partial charge in [0.15, 0.2) is 0 Å². The van der Waals surface area contributed by atoms with E-state index in [0.717, 1.165) is 19.5 Å². The molecule has 0 fully saturated rings. The molecule has 1 aromatic carbocycles. The molecule has 2 heteroatoms. The molecule has 2 aromatic rings. The van der Waals surface area contributed by atoms with E-state index in [1.54, 1.807) is 0 Å². The Kier molecular flexibility index (Phi) is 4.65. The lowest BCUT2D eigenvalue weighted by atomic mass is 9.98. The number of aromatic nitrogens is 1. The predicted molar refractivity (Wildman–Crippen MR) is 84.0 cm³/mol. The number of aromatic amines is 1. The molecule has 0 unspecified atom stereocenters. The Morgan fingerprint density at radius 1 is 1.26 bits per heavy atom. The van der Waals surface area contributed by atoms with Crippen molar-refractivity contribution in [3.63, 3.8) is 0 Å². The van der Waals surface area contributed by atoms with Crippen molar-refractivity contribution in [3.05, 3.63) is 35.0 Å². The summed E-state index contributed by atoms with van der Waals surface area (Å²) >= 11 is 0. The van der Waals surface area contributed by atoms with Gasteiger partial charge in [-0.1, -0.05) is 26.8 Å². The van der Waals surface area contributed by atoms with Crippen LogP contribution in [0.1, 0.15) is 49.9 Å². The summed E-state index contributed by atoms with van der Waals surface area (Å²) in [5, 5.41) is 4.81. The molecule has 2 nitrogen and oxygen atoms in total. The standard InChI is InChI=1S/C17H26N2/c1-5-18-10-6-7-15-13(4)19-17-9-8-14(12(2)3)11-16(15)17/h8-9,11-12,18-19H,5-7,10H2,1-4H3. The molecule has 0 bridgehead atoms. The number of nitrogens with one attached hydrogen (secondary N) is 2. The number of hydrogen-bond acceptors (Lipinski definition) is 1. The number of hydrogen-bond donors (Lipinski definition) is 2. The molecule has 0 aliphatic carbocycles. The summed E-state index contributed by atoms with van der Waals surface area (Å²) in [6, 6.07) is 6.84. The largest absolute Gasteiger partial charge is 0.358 e. The first-order chi connectivity index (χ1) is 9.13. The molecule has 0 atom stereocenters. The minimum absolute atomic E-state index is 0.592. The summed E-state index contributed by atoms with van der Waals surface area (Å²) < 4.78 is 0. The average Bonchev–Trinajstić information content (AvgIpc) is 2.70. The van der Waals surface area contributed by atoms with Gasteiger partial charge in [0.2, 0.25) is 0 Å². The van der Waals surface area contributed by atoms with Crippen LogP contribution in [-0.4, -0.2) is 18.1 Å². The number of H-pyrrole nitrogens is 1. The van der Waals surface area contributed by atoms with Gasteiger partial charge in [0.25, 0.3) is 0 Å². The summed E-state index contributed by atoms with van der Waals surface area (Å²) in [5.41, 5.74) is 5.53. The molecule has 0 saturated carbocycles. The van der Waals surface area contributed by atoms with Gasteiger partial charge in [-0.05, 0) is 62.0 Å². The summed E-state index contributed by atoms with van der Waals surface area (Å²) in [7, 11) is 0. The predicted octanol–water partition coefficient (Wildman–Crippen LogP) is 4.14. The second kappa shape index (κ2) is 6.25. The van der Waals surface area contributed by atoms with Crippen molar-refractivity contribution >= 4 is 10.9 Å². The molecule has 0 aliphatic rings. The highest BCUT2D eigenvalue weighted by Gasteiger charge is 2.09. The second-order valence-electron chi connectivity index (χ2n) is 5.65. The summed E-state index contributed by atoms with van der Waals surface area (Å²) in [4.78, 5) is 3.51. The summed E-state index contributed by atoms with van der Waals surface area (Å²) in [5.74, 6) is 0.592. The van der Waals surface area contributed by atoms with Gasteiger partial charge < -0.3 is 10.3 Å². The maximum atomic E-state index is 3.51. The highest BCUT2D eigenvalue weighted by molar-refractivity contribution is 5.85. The zero-order valence-electron chi connectivity index (χ0n) is 12.6. The van der Waals surface area contributed by atoms with Gasteiger partial charge in [0, 0.05) is 16.6 Å². The van der Waals surface area contributed by atoms with Crippen molar-refractivity contribution < 1.29 is 0 Å². The van der Waals surface area contributed by atoms with Gasteiger partial charge in [0.1, 0.15) is 0 Å². The highest BCUT2D eigenvalue weighted by atomic mass is 14.8. The zero-order valence-corrected chi connectivity index (χ0v) is 12.6. The SMILES string of the molecule is CCNCCCc1c(C)[nH]c2ccc(C(C)C)cc12. The molecule has 104 valence electrons. The fourth-order valence-electron chi connectivity index (χ4n) is 2.65. The summed E-state index contributed by atoms with van der Waals surface area (Å²) in [6.07, 6.45) is 2.36. The third-order valence-corrected chi connectivity index (χ3v) is 3.84. The molecular formula is C17H26N2. The molecule has 2 rings (SSSR count). The van der Waals surface area contributed by atoms with E-state index in [1.807, 2.05) is 0 Å². The molecule has 0 amide bonds. The van der Waals surface area contributed by atoms with Crippen LogP contribution in [0.4, 0.5) is 0 Å². The van der Waals surface area contributed by atoms with Crippen LogP contribution in [0.5, 0.6) is 0 Å². The van der Waals surface area contributed by atoms with E-state index in [0.29, 0.717) is 5.92 Å². The van der Waals surface area contributed by atoms with E-state index in [2.05, 4.69) is 56.2 Å². The first-order valence-electron chi connectivity index (χ1n) is 7.45. The Morgan fingerprint density at radius 3 is 2.74 bits per heavy atom. The minimum atomic E-state index is 0.592. The van der Waals surface area contributed by atoms with Crippen LogP contribution < -0.4 is 5.32 Å². The molecular weight excluding hydrogens is 232 g/mol. The van der Waals surface area contributed by atoms with E-state index in [1.165, 1.54) is 34.1 Å². The number of aryl methyl sites for hydroxylation is 2. The topological polar surface area (TPSA) is 27.8 Å². The Balaban J connectivity index is 2.25. The molecule has 0 saturated heterocycles. The number of benzene rings is 1. The Hall–Kier alpha value is -1.28. The number of fused-ring (bicyclic) bond motifs is 1. The minimum Gasteiger partial charge on any atom is -0.358 e. The second-order valence-corrected chi connectivity index (χ2v) is 5.65. The Labute approximate surface area is 116 Å². The molecule has 2 N–H and O–H groups in total. The van der Waals surface area contributed by atoms with E-state index in [9.17, 15) is 0 Å². The normalized spacial score (nSPS) is 11.6. The lowest BCUT2D eigenvalue weighted by molar-refractivity contribution is 0.673. The lowest BCUT2D eigenvalue weighted by Crippen LogP contribution is -2.14. The van der Waals surface area contributed by atoms with Crippen LogP contribution in [0.15, 0.2) is 18.2 Å².